The molecule has 1 heterocycles. The molecule has 0 unspecified atom stereocenters. The molecule has 0 fully saturated rings. The second kappa shape index (κ2) is 7.20. The number of nitrogens with one attached hydrogen (secondary N) is 1. The van der Waals surface area contributed by atoms with Crippen LogP contribution >= 0.6 is 0 Å². The van der Waals surface area contributed by atoms with E-state index in [1.807, 2.05) is 0 Å². The smallest absolute Gasteiger partial charge is 0.303 e. The average molecular weight is 334 g/mol. The lowest BCUT2D eigenvalue weighted by Crippen LogP contribution is -2.43. The molecule has 2 aromatic rings. The third kappa shape index (κ3) is 5.15. The van der Waals surface area contributed by atoms with Gasteiger partial charge in [0.1, 0.15) is 5.82 Å². The number of halogens is 1. The fourth-order valence-electron chi connectivity index (χ4n) is 2.16. The highest BCUT2D eigenvalue weighted by Gasteiger charge is 2.23. The molecule has 1 aromatic carbocycles. The van der Waals surface area contributed by atoms with E-state index in [9.17, 15) is 14.0 Å². The van der Waals surface area contributed by atoms with Crippen LogP contribution in [-0.2, 0) is 11.3 Å². The summed E-state index contributed by atoms with van der Waals surface area (Å²) in [7, 11) is 0. The molecule has 0 saturated carbocycles. The van der Waals surface area contributed by atoms with Gasteiger partial charge in [-0.25, -0.2) is 9.07 Å². The molecule has 1 aromatic heterocycles. The van der Waals surface area contributed by atoms with Crippen molar-refractivity contribution >= 4 is 11.9 Å². The van der Waals surface area contributed by atoms with E-state index in [-0.39, 0.29) is 17.9 Å². The summed E-state index contributed by atoms with van der Waals surface area (Å²) in [5.41, 5.74) is 0.144. The number of hydrogen-bond acceptors (Lipinski definition) is 4. The van der Waals surface area contributed by atoms with Crippen LogP contribution in [-0.4, -0.2) is 37.5 Å². The number of amides is 1. The van der Waals surface area contributed by atoms with Gasteiger partial charge in [0.15, 0.2) is 5.69 Å². The van der Waals surface area contributed by atoms with E-state index in [0.29, 0.717) is 18.5 Å². The first kappa shape index (κ1) is 17.6. The number of hydrogen-bond donors (Lipinski definition) is 2. The molecule has 0 aliphatic carbocycles. The number of benzene rings is 1. The van der Waals surface area contributed by atoms with Gasteiger partial charge in [-0.1, -0.05) is 17.3 Å². The zero-order chi connectivity index (χ0) is 17.7. The summed E-state index contributed by atoms with van der Waals surface area (Å²) in [6.45, 7) is 3.77. The first-order valence-electron chi connectivity index (χ1n) is 7.44. The summed E-state index contributed by atoms with van der Waals surface area (Å²) >= 11 is 0. The highest BCUT2D eigenvalue weighted by Crippen LogP contribution is 2.12. The van der Waals surface area contributed by atoms with E-state index < -0.39 is 17.4 Å². The third-order valence-corrected chi connectivity index (χ3v) is 3.42. The fourth-order valence-corrected chi connectivity index (χ4v) is 2.16. The quantitative estimate of drug-likeness (QED) is 0.805. The molecule has 0 atom stereocenters. The Morgan fingerprint density at radius 3 is 2.79 bits per heavy atom. The maximum absolute atomic E-state index is 13.2. The number of rotatable bonds is 7. The van der Waals surface area contributed by atoms with Crippen LogP contribution in [0, 0.1) is 5.82 Å². The molecule has 128 valence electrons. The van der Waals surface area contributed by atoms with Crippen molar-refractivity contribution in [1.29, 1.82) is 0 Å². The van der Waals surface area contributed by atoms with Crippen LogP contribution in [0.1, 0.15) is 42.7 Å². The lowest BCUT2D eigenvalue weighted by molar-refractivity contribution is -0.137. The summed E-state index contributed by atoms with van der Waals surface area (Å²) in [6, 6.07) is 6.08. The minimum absolute atomic E-state index is 0.0421. The van der Waals surface area contributed by atoms with Crippen molar-refractivity contribution < 1.29 is 19.1 Å². The minimum Gasteiger partial charge on any atom is -0.481 e. The Hall–Kier alpha value is -2.77. The second-order valence-electron chi connectivity index (χ2n) is 6.16. The molecular weight excluding hydrogens is 315 g/mol. The van der Waals surface area contributed by atoms with Crippen LogP contribution in [0.25, 0.3) is 0 Å². The van der Waals surface area contributed by atoms with Crippen LogP contribution in [0.5, 0.6) is 0 Å². The third-order valence-electron chi connectivity index (χ3n) is 3.42. The highest BCUT2D eigenvalue weighted by atomic mass is 19.1. The molecule has 0 aliphatic heterocycles. The Kier molecular flexibility index (Phi) is 5.28. The predicted molar refractivity (Wildman–Crippen MR) is 83.9 cm³/mol. The van der Waals surface area contributed by atoms with E-state index in [1.165, 1.54) is 23.0 Å². The van der Waals surface area contributed by atoms with Gasteiger partial charge in [0, 0.05) is 12.0 Å². The molecule has 7 nitrogen and oxygen atoms in total. The van der Waals surface area contributed by atoms with Gasteiger partial charge in [0.2, 0.25) is 0 Å². The Bertz CT molecular complexity index is 742. The molecular formula is C16H19FN4O3. The highest BCUT2D eigenvalue weighted by molar-refractivity contribution is 5.92. The van der Waals surface area contributed by atoms with E-state index in [0.717, 1.165) is 0 Å². The predicted octanol–water partition coefficient (Wildman–Crippen LogP) is 1.84. The molecule has 0 radical (unpaired) electrons. The van der Waals surface area contributed by atoms with Crippen LogP contribution in [0.4, 0.5) is 4.39 Å². The number of carbonyl (C=O) groups excluding carboxylic acids is 1. The SMILES string of the molecule is CC(C)(CCC(=O)O)NC(=O)c1cn(Cc2cccc(F)c2)nn1. The van der Waals surface area contributed by atoms with E-state index in [2.05, 4.69) is 15.6 Å². The maximum Gasteiger partial charge on any atom is 0.303 e. The first-order valence-corrected chi connectivity index (χ1v) is 7.44. The summed E-state index contributed by atoms with van der Waals surface area (Å²) in [6.07, 6.45) is 1.72. The lowest BCUT2D eigenvalue weighted by atomic mass is 9.98. The van der Waals surface area contributed by atoms with Crippen molar-refractivity contribution in [2.24, 2.45) is 0 Å². The first-order chi connectivity index (χ1) is 11.2. The Morgan fingerprint density at radius 2 is 2.12 bits per heavy atom. The summed E-state index contributed by atoms with van der Waals surface area (Å²) in [5, 5.41) is 19.1. The molecule has 2 N–H and O–H groups in total. The zero-order valence-electron chi connectivity index (χ0n) is 13.5. The van der Waals surface area contributed by atoms with Crippen molar-refractivity contribution in [2.45, 2.75) is 38.8 Å². The molecule has 0 bridgehead atoms. The van der Waals surface area contributed by atoms with Gasteiger partial charge in [0.25, 0.3) is 5.91 Å². The lowest BCUT2D eigenvalue weighted by Gasteiger charge is -2.24. The number of carbonyl (C=O) groups is 2. The van der Waals surface area contributed by atoms with Gasteiger partial charge in [-0.15, -0.1) is 5.10 Å². The molecule has 0 saturated heterocycles. The van der Waals surface area contributed by atoms with Crippen LogP contribution in [0.3, 0.4) is 0 Å². The second-order valence-corrected chi connectivity index (χ2v) is 6.16. The molecule has 8 heteroatoms. The standard InChI is InChI=1S/C16H19FN4O3/c1-16(2,7-6-14(22)23)18-15(24)13-10-21(20-19-13)9-11-4-3-5-12(17)8-11/h3-5,8,10H,6-7,9H2,1-2H3,(H,18,24)(H,22,23). The fraction of sp³-hybridized carbons (Fsp3) is 0.375. The maximum atomic E-state index is 13.2. The summed E-state index contributed by atoms with van der Waals surface area (Å²) < 4.78 is 14.6. The van der Waals surface area contributed by atoms with Crippen LogP contribution in [0.2, 0.25) is 0 Å². The van der Waals surface area contributed by atoms with Crippen molar-refractivity contribution in [3.8, 4) is 0 Å². The zero-order valence-corrected chi connectivity index (χ0v) is 13.5. The molecule has 24 heavy (non-hydrogen) atoms. The van der Waals surface area contributed by atoms with Gasteiger partial charge in [-0.2, -0.15) is 0 Å². The van der Waals surface area contributed by atoms with Crippen molar-refractivity contribution in [2.75, 3.05) is 0 Å². The number of carboxylic acids is 1. The Labute approximate surface area is 138 Å². The van der Waals surface area contributed by atoms with Gasteiger partial charge < -0.3 is 10.4 Å². The molecule has 0 aliphatic rings. The molecule has 1 amide bonds. The number of nitrogens with zero attached hydrogens (tertiary/aromatic N) is 3. The monoisotopic (exact) mass is 334 g/mol. The van der Waals surface area contributed by atoms with Gasteiger partial charge in [-0.05, 0) is 38.0 Å². The van der Waals surface area contributed by atoms with Crippen LogP contribution in [0.15, 0.2) is 30.5 Å². The topological polar surface area (TPSA) is 97.1 Å². The van der Waals surface area contributed by atoms with E-state index in [1.54, 1.807) is 26.0 Å². The summed E-state index contributed by atoms with van der Waals surface area (Å²) in [5.74, 6) is -1.69. The number of carboxylic acid groups (broad SMARTS) is 1. The minimum atomic E-state index is -0.918. The van der Waals surface area contributed by atoms with Gasteiger partial charge in [0.05, 0.1) is 12.7 Å². The molecule has 0 spiro atoms. The summed E-state index contributed by atoms with van der Waals surface area (Å²) in [4.78, 5) is 22.8. The molecule has 2 rings (SSSR count). The average Bonchev–Trinajstić information content (AvgIpc) is 2.93. The van der Waals surface area contributed by atoms with Gasteiger partial charge in [-0.3, -0.25) is 9.59 Å². The van der Waals surface area contributed by atoms with E-state index in [4.69, 9.17) is 5.11 Å². The normalized spacial score (nSPS) is 11.3. The van der Waals surface area contributed by atoms with E-state index >= 15 is 0 Å². The van der Waals surface area contributed by atoms with Crippen LogP contribution < -0.4 is 5.32 Å². The van der Waals surface area contributed by atoms with Crippen molar-refractivity contribution in [3.63, 3.8) is 0 Å². The largest absolute Gasteiger partial charge is 0.481 e. The Balaban J connectivity index is 1.99. The number of aromatic nitrogens is 3. The Morgan fingerprint density at radius 1 is 1.38 bits per heavy atom. The van der Waals surface area contributed by atoms with Crippen molar-refractivity contribution in [1.82, 2.24) is 20.3 Å². The van der Waals surface area contributed by atoms with Gasteiger partial charge >= 0.3 is 5.97 Å². The van der Waals surface area contributed by atoms with Crippen molar-refractivity contribution in [3.05, 3.63) is 47.5 Å². The number of aliphatic carboxylic acids is 1.